The molecule has 5 heteroatoms. The van der Waals surface area contributed by atoms with Gasteiger partial charge in [0.1, 0.15) is 6.10 Å². The third-order valence-corrected chi connectivity index (χ3v) is 8.02. The molecular weight excluding hydrogens is 318 g/mol. The van der Waals surface area contributed by atoms with E-state index < -0.39 is 23.2 Å². The average Bonchev–Trinajstić information content (AvgIpc) is 2.89. The lowest BCUT2D eigenvalue weighted by Crippen LogP contribution is -2.78. The molecule has 2 aliphatic heterocycles. The number of hydrogen-bond acceptors (Lipinski definition) is 5. The van der Waals surface area contributed by atoms with Crippen molar-refractivity contribution in [3.05, 3.63) is 23.3 Å². The highest BCUT2D eigenvalue weighted by molar-refractivity contribution is 5.62. The summed E-state index contributed by atoms with van der Waals surface area (Å²) in [6.07, 6.45) is 5.49. The largest absolute Gasteiger partial charge is 0.504 e. The molecule has 0 radical (unpaired) electrons. The molecule has 3 fully saturated rings. The predicted octanol–water partition coefficient (Wildman–Crippen LogP) is 1.46. The van der Waals surface area contributed by atoms with Crippen LogP contribution in [0.25, 0.3) is 0 Å². The van der Waals surface area contributed by atoms with E-state index in [1.54, 1.807) is 6.07 Å². The summed E-state index contributed by atoms with van der Waals surface area (Å²) in [7, 11) is 0. The highest BCUT2D eigenvalue weighted by Crippen LogP contribution is 2.65. The third-order valence-electron chi connectivity index (χ3n) is 8.02. The fraction of sp³-hybridized carbons (Fsp3) is 0.700. The van der Waals surface area contributed by atoms with Crippen molar-refractivity contribution in [2.75, 3.05) is 6.54 Å². The molecule has 1 saturated heterocycles. The lowest BCUT2D eigenvalue weighted by molar-refractivity contribution is -0.216. The van der Waals surface area contributed by atoms with E-state index in [-0.39, 0.29) is 11.8 Å². The fourth-order valence-electron chi connectivity index (χ4n) is 6.71. The van der Waals surface area contributed by atoms with Crippen LogP contribution >= 0.6 is 0 Å². The minimum absolute atomic E-state index is 0.0909. The number of aliphatic hydroxyl groups excluding tert-OH is 1. The molecule has 5 atom stereocenters. The van der Waals surface area contributed by atoms with Gasteiger partial charge in [0.05, 0.1) is 17.1 Å². The van der Waals surface area contributed by atoms with Crippen LogP contribution in [0.3, 0.4) is 0 Å². The first kappa shape index (κ1) is 14.8. The summed E-state index contributed by atoms with van der Waals surface area (Å²) in [6.45, 7) is 0.943. The predicted molar refractivity (Wildman–Crippen MR) is 90.8 cm³/mol. The van der Waals surface area contributed by atoms with Gasteiger partial charge in [-0.1, -0.05) is 12.5 Å². The van der Waals surface area contributed by atoms with Gasteiger partial charge in [-0.3, -0.25) is 4.90 Å². The molecule has 25 heavy (non-hydrogen) atoms. The number of phenolic OH excluding ortho intramolecular Hbond substituents is 1. The second-order valence-corrected chi connectivity index (χ2v) is 8.78. The van der Waals surface area contributed by atoms with Crippen LogP contribution in [0.5, 0.6) is 11.5 Å². The lowest BCUT2D eigenvalue weighted by atomic mass is 9.48. The molecule has 0 unspecified atom stereocenters. The van der Waals surface area contributed by atoms with Crippen LogP contribution in [0.2, 0.25) is 0 Å². The number of hydrogen-bond donors (Lipinski definition) is 3. The van der Waals surface area contributed by atoms with Crippen molar-refractivity contribution in [3.8, 4) is 11.5 Å². The highest BCUT2D eigenvalue weighted by Gasteiger charge is 2.73. The van der Waals surface area contributed by atoms with Crippen LogP contribution in [0.4, 0.5) is 0 Å². The van der Waals surface area contributed by atoms with Crippen LogP contribution in [0.15, 0.2) is 12.1 Å². The Balaban J connectivity index is 1.59. The molecule has 2 bridgehead atoms. The van der Waals surface area contributed by atoms with E-state index in [2.05, 4.69) is 4.90 Å². The van der Waals surface area contributed by atoms with E-state index in [0.29, 0.717) is 24.6 Å². The third kappa shape index (κ3) is 1.49. The van der Waals surface area contributed by atoms with E-state index in [1.807, 2.05) is 6.07 Å². The molecule has 3 N–H and O–H groups in total. The molecule has 134 valence electrons. The number of aromatic hydroxyl groups is 1. The van der Waals surface area contributed by atoms with E-state index in [9.17, 15) is 15.3 Å². The number of nitrogens with zero attached hydrogens (tertiary/aromatic N) is 1. The van der Waals surface area contributed by atoms with Crippen LogP contribution in [-0.2, 0) is 11.8 Å². The molecular formula is C20H25NO4. The molecule has 5 aliphatic rings. The molecule has 0 amide bonds. The highest BCUT2D eigenvalue weighted by atomic mass is 16.5. The summed E-state index contributed by atoms with van der Waals surface area (Å²) in [6, 6.07) is 4.40. The van der Waals surface area contributed by atoms with Gasteiger partial charge in [-0.15, -0.1) is 0 Å². The van der Waals surface area contributed by atoms with Gasteiger partial charge in [0.15, 0.2) is 11.5 Å². The first-order chi connectivity index (χ1) is 12.1. The Kier molecular flexibility index (Phi) is 2.67. The average molecular weight is 343 g/mol. The Morgan fingerprint density at radius 2 is 2.00 bits per heavy atom. The number of aliphatic hydroxyl groups is 2. The van der Waals surface area contributed by atoms with Crippen molar-refractivity contribution in [3.63, 3.8) is 0 Å². The van der Waals surface area contributed by atoms with Gasteiger partial charge < -0.3 is 20.1 Å². The molecule has 3 aliphatic carbocycles. The quantitative estimate of drug-likeness (QED) is 0.720. The minimum atomic E-state index is -0.878. The monoisotopic (exact) mass is 343 g/mol. The first-order valence-electron chi connectivity index (χ1n) is 9.74. The lowest BCUT2D eigenvalue weighted by Gasteiger charge is -2.65. The van der Waals surface area contributed by atoms with Gasteiger partial charge >= 0.3 is 0 Å². The van der Waals surface area contributed by atoms with Crippen LogP contribution < -0.4 is 4.74 Å². The van der Waals surface area contributed by atoms with Crippen LogP contribution in [0.1, 0.15) is 49.7 Å². The first-order valence-corrected chi connectivity index (χ1v) is 9.74. The molecule has 2 saturated carbocycles. The number of ether oxygens (including phenoxy) is 1. The molecule has 2 heterocycles. The van der Waals surface area contributed by atoms with Gasteiger partial charge in [-0.2, -0.15) is 0 Å². The van der Waals surface area contributed by atoms with E-state index in [1.165, 1.54) is 24.8 Å². The number of rotatable bonds is 1. The molecule has 1 aromatic rings. The number of likely N-dealkylation sites (tertiary alicyclic amines) is 1. The second kappa shape index (κ2) is 4.51. The Morgan fingerprint density at radius 3 is 2.76 bits per heavy atom. The normalized spacial score (nSPS) is 44.8. The topological polar surface area (TPSA) is 73.2 Å². The molecule has 1 aromatic carbocycles. The van der Waals surface area contributed by atoms with E-state index >= 15 is 0 Å². The number of piperidine rings is 1. The van der Waals surface area contributed by atoms with Gasteiger partial charge in [0.2, 0.25) is 0 Å². The number of phenols is 1. The summed E-state index contributed by atoms with van der Waals surface area (Å²) in [4.78, 5) is 2.55. The summed E-state index contributed by atoms with van der Waals surface area (Å²) in [5, 5.41) is 33.1. The SMILES string of the molecule is Oc1ccc2c3c1O[C@H]1[C@@H](O)CC[C@@]4(O)[C@@H](C2)N(C2CCC2)CC[C@]314. The Bertz CT molecular complexity index is 762. The van der Waals surface area contributed by atoms with Crippen molar-refractivity contribution < 1.29 is 20.1 Å². The minimum Gasteiger partial charge on any atom is -0.504 e. The maximum absolute atomic E-state index is 12.0. The zero-order valence-corrected chi connectivity index (χ0v) is 14.3. The summed E-state index contributed by atoms with van der Waals surface area (Å²) in [5.74, 6) is 0.648. The van der Waals surface area contributed by atoms with Gasteiger partial charge in [0, 0.05) is 17.6 Å². The molecule has 6 rings (SSSR count). The molecule has 5 nitrogen and oxygen atoms in total. The van der Waals surface area contributed by atoms with Crippen molar-refractivity contribution in [2.24, 2.45) is 0 Å². The summed E-state index contributed by atoms with van der Waals surface area (Å²) < 4.78 is 6.14. The van der Waals surface area contributed by atoms with Crippen molar-refractivity contribution >= 4 is 0 Å². The van der Waals surface area contributed by atoms with Crippen molar-refractivity contribution in [1.29, 1.82) is 0 Å². The second-order valence-electron chi connectivity index (χ2n) is 8.78. The summed E-state index contributed by atoms with van der Waals surface area (Å²) >= 11 is 0. The number of benzene rings is 1. The van der Waals surface area contributed by atoms with Crippen LogP contribution in [0, 0.1) is 0 Å². The van der Waals surface area contributed by atoms with E-state index in [0.717, 1.165) is 24.9 Å². The maximum Gasteiger partial charge on any atom is 0.165 e. The molecule has 1 spiro atoms. The zero-order valence-electron chi connectivity index (χ0n) is 14.3. The Labute approximate surface area is 147 Å². The van der Waals surface area contributed by atoms with E-state index in [4.69, 9.17) is 4.74 Å². The zero-order chi connectivity index (χ0) is 17.0. The van der Waals surface area contributed by atoms with Crippen molar-refractivity contribution in [1.82, 2.24) is 4.90 Å². The van der Waals surface area contributed by atoms with Gasteiger partial charge in [-0.05, 0) is 56.7 Å². The van der Waals surface area contributed by atoms with Gasteiger partial charge in [0.25, 0.3) is 0 Å². The van der Waals surface area contributed by atoms with Crippen molar-refractivity contribution in [2.45, 2.75) is 80.3 Å². The fourth-order valence-corrected chi connectivity index (χ4v) is 6.71. The smallest absolute Gasteiger partial charge is 0.165 e. The summed E-state index contributed by atoms with van der Waals surface area (Å²) in [5.41, 5.74) is 0.722. The molecule has 0 aromatic heterocycles. The Hall–Kier alpha value is -1.30. The standard InChI is InChI=1S/C20H25NO4/c22-13-5-4-11-10-15-20(24)7-6-14(23)18-19(20,16(11)17(13)25-18)8-9-21(15)12-2-1-3-12/h4-5,12,14-15,18,22-24H,1-3,6-10H2/t14-,15+,18-,19-,20+/m0/s1. The maximum atomic E-state index is 12.0. The van der Waals surface area contributed by atoms with Gasteiger partial charge in [-0.25, -0.2) is 0 Å². The Morgan fingerprint density at radius 1 is 1.16 bits per heavy atom. The van der Waals surface area contributed by atoms with Crippen LogP contribution in [-0.4, -0.2) is 56.7 Å².